The zero-order valence-corrected chi connectivity index (χ0v) is 18.8. The van der Waals surface area contributed by atoms with E-state index in [1.807, 2.05) is 26.0 Å². The summed E-state index contributed by atoms with van der Waals surface area (Å²) in [7, 11) is 0. The van der Waals surface area contributed by atoms with Gasteiger partial charge >= 0.3 is 0 Å². The van der Waals surface area contributed by atoms with E-state index in [9.17, 15) is 4.79 Å². The van der Waals surface area contributed by atoms with Gasteiger partial charge in [0, 0.05) is 12.7 Å². The largest absolute Gasteiger partial charge is 0.489 e. The molecule has 0 bridgehead atoms. The molecule has 2 aromatic heterocycles. The monoisotopic (exact) mass is 435 g/mol. The average Bonchev–Trinajstić information content (AvgIpc) is 3.10. The van der Waals surface area contributed by atoms with Crippen molar-refractivity contribution in [3.05, 3.63) is 70.1 Å². The predicted octanol–water partition coefficient (Wildman–Crippen LogP) is 3.79. The minimum atomic E-state index is -0.494. The van der Waals surface area contributed by atoms with Crippen LogP contribution in [-0.2, 0) is 13.2 Å². The summed E-state index contributed by atoms with van der Waals surface area (Å²) in [6.07, 6.45) is 4.83. The number of hydrogen-bond donors (Lipinski definition) is 1. The van der Waals surface area contributed by atoms with Crippen molar-refractivity contribution in [1.82, 2.24) is 20.0 Å². The summed E-state index contributed by atoms with van der Waals surface area (Å²) in [5.41, 5.74) is 9.46. The first-order chi connectivity index (χ1) is 15.4. The van der Waals surface area contributed by atoms with Crippen LogP contribution in [0.25, 0.3) is 0 Å². The van der Waals surface area contributed by atoms with Crippen LogP contribution in [0.2, 0.25) is 0 Å². The Labute approximate surface area is 187 Å². The number of ether oxygens (including phenoxy) is 1. The van der Waals surface area contributed by atoms with Crippen LogP contribution < -0.4 is 10.5 Å². The van der Waals surface area contributed by atoms with Gasteiger partial charge in [-0.2, -0.15) is 0 Å². The van der Waals surface area contributed by atoms with Gasteiger partial charge in [-0.25, -0.2) is 9.97 Å². The molecule has 0 saturated carbocycles. The molecule has 1 aliphatic rings. The maximum absolute atomic E-state index is 11.5. The second-order valence-corrected chi connectivity index (χ2v) is 8.31. The van der Waals surface area contributed by atoms with E-state index in [2.05, 4.69) is 32.2 Å². The molecule has 3 aromatic rings. The normalized spacial score (nSPS) is 16.8. The molecule has 1 amide bonds. The molecule has 168 valence electrons. The number of carbonyl (C=O) groups is 1. The Morgan fingerprint density at radius 3 is 2.62 bits per heavy atom. The Morgan fingerprint density at radius 2 is 1.97 bits per heavy atom. The van der Waals surface area contributed by atoms with E-state index in [0.717, 1.165) is 60.9 Å². The molecule has 1 aromatic carbocycles. The van der Waals surface area contributed by atoms with Crippen LogP contribution >= 0.6 is 0 Å². The molecule has 4 rings (SSSR count). The number of amides is 1. The molecule has 0 unspecified atom stereocenters. The van der Waals surface area contributed by atoms with Crippen molar-refractivity contribution >= 4 is 5.91 Å². The molecule has 0 aliphatic carbocycles. The molecule has 0 radical (unpaired) electrons. The lowest BCUT2D eigenvalue weighted by molar-refractivity contribution is 0.0998. The lowest BCUT2D eigenvalue weighted by Gasteiger charge is -2.34. The number of likely N-dealkylation sites (tertiary alicyclic amines) is 1. The number of nitrogens with two attached hydrogens (primary N) is 1. The summed E-state index contributed by atoms with van der Waals surface area (Å²) in [5.74, 6) is 1.86. The maximum Gasteiger partial charge on any atom is 0.252 e. The van der Waals surface area contributed by atoms with Crippen LogP contribution in [0, 0.1) is 20.8 Å². The summed E-state index contributed by atoms with van der Waals surface area (Å²) in [4.78, 5) is 23.0. The third-order valence-corrected chi connectivity index (χ3v) is 6.05. The lowest BCUT2D eigenvalue weighted by atomic mass is 10.00. The average molecular weight is 436 g/mol. The molecule has 1 aliphatic heterocycles. The molecule has 0 spiro atoms. The van der Waals surface area contributed by atoms with Crippen LogP contribution in [0.15, 0.2) is 35.0 Å². The number of rotatable bonds is 7. The van der Waals surface area contributed by atoms with Crippen LogP contribution in [0.3, 0.4) is 0 Å². The van der Waals surface area contributed by atoms with Gasteiger partial charge in [0.05, 0.1) is 28.6 Å². The van der Waals surface area contributed by atoms with Gasteiger partial charge in [0.1, 0.15) is 23.9 Å². The van der Waals surface area contributed by atoms with Gasteiger partial charge in [-0.1, -0.05) is 23.7 Å². The number of carbonyl (C=O) groups excluding carboxylic acids is 1. The van der Waals surface area contributed by atoms with Crippen molar-refractivity contribution in [3.63, 3.8) is 0 Å². The summed E-state index contributed by atoms with van der Waals surface area (Å²) in [6.45, 7) is 7.83. The summed E-state index contributed by atoms with van der Waals surface area (Å²) >= 11 is 0. The number of nitrogens with zero attached hydrogens (tertiary/aromatic N) is 4. The molecular weight excluding hydrogens is 406 g/mol. The molecular formula is C24H29N5O3. The molecule has 2 N–H and O–H groups in total. The number of aromatic nitrogens is 3. The topological polar surface area (TPSA) is 107 Å². The molecule has 1 atom stereocenters. The SMILES string of the molecule is Cc1nc([C@H]2CCCCN2Cc2ccc(OCc3c(C)noc3C)cc2)ncc1C(N)=O. The number of primary amides is 1. The van der Waals surface area contributed by atoms with Crippen molar-refractivity contribution < 1.29 is 14.1 Å². The standard InChI is InChI=1S/C24H29N5O3/c1-15-20(23(25)30)12-26-24(27-15)22-6-4-5-11-29(22)13-18-7-9-19(10-8-18)31-14-21-16(2)28-32-17(21)3/h7-10,12,22H,4-6,11,13-14H2,1-3H3,(H2,25,30)/t22-/m1/s1. The summed E-state index contributed by atoms with van der Waals surface area (Å²) in [6, 6.07) is 8.30. The van der Waals surface area contributed by atoms with Gasteiger partial charge in [0.2, 0.25) is 0 Å². The van der Waals surface area contributed by atoms with Crippen LogP contribution in [0.1, 0.15) is 69.8 Å². The third kappa shape index (κ3) is 4.80. The lowest BCUT2D eigenvalue weighted by Crippen LogP contribution is -2.34. The van der Waals surface area contributed by atoms with E-state index in [1.54, 1.807) is 13.1 Å². The van der Waals surface area contributed by atoms with E-state index >= 15 is 0 Å². The summed E-state index contributed by atoms with van der Waals surface area (Å²) in [5, 5.41) is 3.96. The van der Waals surface area contributed by atoms with Crippen molar-refractivity contribution in [2.24, 2.45) is 5.73 Å². The van der Waals surface area contributed by atoms with Crippen molar-refractivity contribution in [3.8, 4) is 5.75 Å². The van der Waals surface area contributed by atoms with Gasteiger partial charge in [-0.15, -0.1) is 0 Å². The van der Waals surface area contributed by atoms with E-state index in [1.165, 1.54) is 5.56 Å². The minimum absolute atomic E-state index is 0.125. The molecule has 1 saturated heterocycles. The molecule has 32 heavy (non-hydrogen) atoms. The van der Waals surface area contributed by atoms with Crippen molar-refractivity contribution in [2.75, 3.05) is 6.54 Å². The number of piperidine rings is 1. The van der Waals surface area contributed by atoms with E-state index < -0.39 is 5.91 Å². The molecule has 3 heterocycles. The first kappa shape index (κ1) is 22.0. The Kier molecular flexibility index (Phi) is 6.50. The Morgan fingerprint density at radius 1 is 1.19 bits per heavy atom. The Balaban J connectivity index is 1.43. The second-order valence-electron chi connectivity index (χ2n) is 8.31. The zero-order chi connectivity index (χ0) is 22.7. The van der Waals surface area contributed by atoms with Gasteiger partial charge < -0.3 is 15.0 Å². The van der Waals surface area contributed by atoms with Crippen LogP contribution in [0.5, 0.6) is 5.75 Å². The quantitative estimate of drug-likeness (QED) is 0.601. The Bertz CT molecular complexity index is 1070. The van der Waals surface area contributed by atoms with E-state index in [4.69, 9.17) is 15.0 Å². The summed E-state index contributed by atoms with van der Waals surface area (Å²) < 4.78 is 11.1. The van der Waals surface area contributed by atoms with Crippen molar-refractivity contribution in [2.45, 2.75) is 59.2 Å². The first-order valence-electron chi connectivity index (χ1n) is 10.9. The van der Waals surface area contributed by atoms with Gasteiger partial charge in [0.15, 0.2) is 0 Å². The highest BCUT2D eigenvalue weighted by molar-refractivity contribution is 5.93. The van der Waals surface area contributed by atoms with Gasteiger partial charge in [0.25, 0.3) is 5.91 Å². The highest BCUT2D eigenvalue weighted by atomic mass is 16.5. The predicted molar refractivity (Wildman–Crippen MR) is 119 cm³/mol. The Hall–Kier alpha value is -3.26. The van der Waals surface area contributed by atoms with E-state index in [-0.39, 0.29) is 6.04 Å². The first-order valence-corrected chi connectivity index (χ1v) is 10.9. The molecule has 1 fully saturated rings. The zero-order valence-electron chi connectivity index (χ0n) is 18.8. The highest BCUT2D eigenvalue weighted by Gasteiger charge is 2.27. The fourth-order valence-electron chi connectivity index (χ4n) is 4.15. The third-order valence-electron chi connectivity index (χ3n) is 6.05. The minimum Gasteiger partial charge on any atom is -0.489 e. The number of benzene rings is 1. The fraction of sp³-hybridized carbons (Fsp3) is 0.417. The van der Waals surface area contributed by atoms with E-state index in [0.29, 0.717) is 17.9 Å². The molecule has 8 heteroatoms. The number of hydrogen-bond acceptors (Lipinski definition) is 7. The van der Waals surface area contributed by atoms with Gasteiger partial charge in [-0.05, 0) is 57.9 Å². The fourth-order valence-corrected chi connectivity index (χ4v) is 4.15. The van der Waals surface area contributed by atoms with Gasteiger partial charge in [-0.3, -0.25) is 9.69 Å². The van der Waals surface area contributed by atoms with Crippen LogP contribution in [-0.4, -0.2) is 32.5 Å². The smallest absolute Gasteiger partial charge is 0.252 e. The van der Waals surface area contributed by atoms with Crippen molar-refractivity contribution in [1.29, 1.82) is 0 Å². The van der Waals surface area contributed by atoms with Crippen LogP contribution in [0.4, 0.5) is 0 Å². The number of aryl methyl sites for hydroxylation is 3. The molecule has 8 nitrogen and oxygen atoms in total. The second kappa shape index (κ2) is 9.48. The maximum atomic E-state index is 11.5. The highest BCUT2D eigenvalue weighted by Crippen LogP contribution is 2.31.